The first kappa shape index (κ1) is 13.5. The summed E-state index contributed by atoms with van der Waals surface area (Å²) in [7, 11) is 0. The summed E-state index contributed by atoms with van der Waals surface area (Å²) >= 11 is 0. The van der Waals surface area contributed by atoms with Crippen LogP contribution in [0.15, 0.2) is 47.7 Å². The minimum atomic E-state index is -0.571. The zero-order valence-electron chi connectivity index (χ0n) is 10.7. The summed E-state index contributed by atoms with van der Waals surface area (Å²) in [6.45, 7) is 1.71. The van der Waals surface area contributed by atoms with E-state index in [-0.39, 0.29) is 17.1 Å². The Kier molecular flexibility index (Phi) is 3.95. The van der Waals surface area contributed by atoms with E-state index in [1.807, 2.05) is 6.07 Å². The molecule has 0 saturated carbocycles. The Hall–Kier alpha value is -2.89. The fourth-order valence-electron chi connectivity index (χ4n) is 1.54. The Labute approximate surface area is 115 Å². The number of hydrogen-bond donors (Lipinski definition) is 3. The summed E-state index contributed by atoms with van der Waals surface area (Å²) in [6.07, 6.45) is 1.63. The molecule has 0 bridgehead atoms. The van der Waals surface area contributed by atoms with Crippen molar-refractivity contribution in [1.82, 2.24) is 10.4 Å². The van der Waals surface area contributed by atoms with E-state index in [0.717, 1.165) is 6.07 Å². The number of nitrogens with zero attached hydrogens (tertiary/aromatic N) is 2. The number of carbonyl (C=O) groups is 1. The molecular formula is C14H13N3O3. The molecule has 0 saturated heterocycles. The van der Waals surface area contributed by atoms with Crippen LogP contribution in [-0.4, -0.2) is 26.8 Å². The summed E-state index contributed by atoms with van der Waals surface area (Å²) < 4.78 is 0. The van der Waals surface area contributed by atoms with E-state index in [0.29, 0.717) is 11.4 Å². The minimum absolute atomic E-state index is 0.0281. The molecule has 0 spiro atoms. The Morgan fingerprint density at radius 3 is 2.70 bits per heavy atom. The normalized spacial score (nSPS) is 11.2. The molecule has 3 N–H and O–H groups in total. The maximum atomic E-state index is 11.8. The molecule has 1 aromatic heterocycles. The average molecular weight is 271 g/mol. The molecule has 6 heteroatoms. The molecule has 0 radical (unpaired) electrons. The van der Waals surface area contributed by atoms with Crippen LogP contribution in [0, 0.1) is 0 Å². The number of hydrazone groups is 1. The molecule has 102 valence electrons. The van der Waals surface area contributed by atoms with E-state index in [1.165, 1.54) is 12.1 Å². The molecule has 1 heterocycles. The second-order valence-electron chi connectivity index (χ2n) is 4.05. The summed E-state index contributed by atoms with van der Waals surface area (Å²) in [4.78, 5) is 15.9. The molecule has 0 atom stereocenters. The largest absolute Gasteiger partial charge is 0.508 e. The van der Waals surface area contributed by atoms with E-state index in [9.17, 15) is 9.90 Å². The predicted octanol–water partition coefficient (Wildman–Crippen LogP) is 1.65. The molecular weight excluding hydrogens is 258 g/mol. The molecule has 20 heavy (non-hydrogen) atoms. The number of carbonyl (C=O) groups excluding carboxylic acids is 1. The number of amides is 1. The van der Waals surface area contributed by atoms with Gasteiger partial charge in [0, 0.05) is 12.3 Å². The fourth-order valence-corrected chi connectivity index (χ4v) is 1.54. The van der Waals surface area contributed by atoms with Gasteiger partial charge in [0.2, 0.25) is 0 Å². The number of rotatable bonds is 3. The third-order valence-electron chi connectivity index (χ3n) is 2.59. The van der Waals surface area contributed by atoms with Crippen LogP contribution >= 0.6 is 0 Å². The molecule has 6 nitrogen and oxygen atoms in total. The Morgan fingerprint density at radius 1 is 1.25 bits per heavy atom. The van der Waals surface area contributed by atoms with Gasteiger partial charge >= 0.3 is 0 Å². The standard InChI is InChI=1S/C14H13N3O3/c1-9(12-4-2-3-7-15-12)16-17-14(20)11-6-5-10(18)8-13(11)19/h2-8,18-19H,1H3,(H,17,20)/b16-9+. The second kappa shape index (κ2) is 5.83. The van der Waals surface area contributed by atoms with Crippen molar-refractivity contribution in [3.63, 3.8) is 0 Å². The molecule has 0 aliphatic rings. The van der Waals surface area contributed by atoms with Crippen LogP contribution in [0.25, 0.3) is 0 Å². The molecule has 0 aliphatic carbocycles. The highest BCUT2D eigenvalue weighted by Crippen LogP contribution is 2.22. The molecule has 0 aliphatic heterocycles. The van der Waals surface area contributed by atoms with Gasteiger partial charge in [0.25, 0.3) is 5.91 Å². The highest BCUT2D eigenvalue weighted by Gasteiger charge is 2.11. The number of nitrogens with one attached hydrogen (secondary N) is 1. The first-order valence-corrected chi connectivity index (χ1v) is 5.86. The van der Waals surface area contributed by atoms with Gasteiger partial charge in [0.05, 0.1) is 17.0 Å². The van der Waals surface area contributed by atoms with Crippen molar-refractivity contribution in [2.75, 3.05) is 0 Å². The van der Waals surface area contributed by atoms with Crippen LogP contribution in [0.5, 0.6) is 11.5 Å². The van der Waals surface area contributed by atoms with Gasteiger partial charge in [-0.15, -0.1) is 0 Å². The number of aromatic nitrogens is 1. The zero-order chi connectivity index (χ0) is 14.5. The fraction of sp³-hybridized carbons (Fsp3) is 0.0714. The lowest BCUT2D eigenvalue weighted by molar-refractivity contribution is 0.0952. The number of phenolic OH excluding ortho intramolecular Hbond substituents is 2. The Bertz CT molecular complexity index is 654. The number of benzene rings is 1. The number of pyridine rings is 1. The topological polar surface area (TPSA) is 94.8 Å². The van der Waals surface area contributed by atoms with E-state index < -0.39 is 5.91 Å². The van der Waals surface area contributed by atoms with Crippen LogP contribution in [-0.2, 0) is 0 Å². The maximum absolute atomic E-state index is 11.8. The minimum Gasteiger partial charge on any atom is -0.508 e. The second-order valence-corrected chi connectivity index (χ2v) is 4.05. The third kappa shape index (κ3) is 3.11. The lowest BCUT2D eigenvalue weighted by Gasteiger charge is -2.04. The van der Waals surface area contributed by atoms with Gasteiger partial charge in [0.1, 0.15) is 11.5 Å². The molecule has 2 rings (SSSR count). The first-order chi connectivity index (χ1) is 9.58. The van der Waals surface area contributed by atoms with Crippen LogP contribution < -0.4 is 5.43 Å². The van der Waals surface area contributed by atoms with Gasteiger partial charge in [-0.25, -0.2) is 5.43 Å². The Morgan fingerprint density at radius 2 is 2.05 bits per heavy atom. The lowest BCUT2D eigenvalue weighted by atomic mass is 10.2. The average Bonchev–Trinajstić information content (AvgIpc) is 2.45. The molecule has 1 amide bonds. The van der Waals surface area contributed by atoms with Gasteiger partial charge in [-0.2, -0.15) is 5.10 Å². The van der Waals surface area contributed by atoms with Crippen molar-refractivity contribution in [3.05, 3.63) is 53.9 Å². The SMILES string of the molecule is C/C(=N\NC(=O)c1ccc(O)cc1O)c1ccccn1. The molecule has 0 fully saturated rings. The van der Waals surface area contributed by atoms with Gasteiger partial charge < -0.3 is 10.2 Å². The number of hydrogen-bond acceptors (Lipinski definition) is 5. The predicted molar refractivity (Wildman–Crippen MR) is 73.7 cm³/mol. The van der Waals surface area contributed by atoms with Crippen LogP contribution in [0.1, 0.15) is 23.0 Å². The van der Waals surface area contributed by atoms with Crippen molar-refractivity contribution in [1.29, 1.82) is 0 Å². The first-order valence-electron chi connectivity index (χ1n) is 5.86. The smallest absolute Gasteiger partial charge is 0.275 e. The zero-order valence-corrected chi connectivity index (χ0v) is 10.7. The quantitative estimate of drug-likeness (QED) is 0.584. The number of aromatic hydroxyl groups is 2. The van der Waals surface area contributed by atoms with Crippen LogP contribution in [0.2, 0.25) is 0 Å². The van der Waals surface area contributed by atoms with Gasteiger partial charge in [0.15, 0.2) is 0 Å². The molecule has 0 unspecified atom stereocenters. The summed E-state index contributed by atoms with van der Waals surface area (Å²) in [5, 5.41) is 22.6. The monoisotopic (exact) mass is 271 g/mol. The van der Waals surface area contributed by atoms with Crippen LogP contribution in [0.3, 0.4) is 0 Å². The van der Waals surface area contributed by atoms with Crippen molar-refractivity contribution in [2.45, 2.75) is 6.92 Å². The summed E-state index contributed by atoms with van der Waals surface area (Å²) in [6, 6.07) is 9.07. The van der Waals surface area contributed by atoms with Gasteiger partial charge in [-0.05, 0) is 31.2 Å². The van der Waals surface area contributed by atoms with E-state index in [1.54, 1.807) is 25.3 Å². The maximum Gasteiger partial charge on any atom is 0.275 e. The molecule has 2 aromatic rings. The van der Waals surface area contributed by atoms with E-state index in [2.05, 4.69) is 15.5 Å². The Balaban J connectivity index is 2.12. The highest BCUT2D eigenvalue weighted by atomic mass is 16.3. The van der Waals surface area contributed by atoms with E-state index >= 15 is 0 Å². The third-order valence-corrected chi connectivity index (χ3v) is 2.59. The summed E-state index contributed by atoms with van der Waals surface area (Å²) in [5.74, 6) is -1.00. The van der Waals surface area contributed by atoms with Gasteiger partial charge in [-0.3, -0.25) is 9.78 Å². The highest BCUT2D eigenvalue weighted by molar-refractivity contribution is 6.00. The van der Waals surface area contributed by atoms with Crippen LogP contribution in [0.4, 0.5) is 0 Å². The molecule has 1 aromatic carbocycles. The van der Waals surface area contributed by atoms with Crippen molar-refractivity contribution in [2.24, 2.45) is 5.10 Å². The number of phenols is 2. The van der Waals surface area contributed by atoms with Crippen molar-refractivity contribution < 1.29 is 15.0 Å². The lowest BCUT2D eigenvalue weighted by Crippen LogP contribution is -2.19. The summed E-state index contributed by atoms with van der Waals surface area (Å²) in [5.41, 5.74) is 3.53. The van der Waals surface area contributed by atoms with E-state index in [4.69, 9.17) is 5.11 Å². The van der Waals surface area contributed by atoms with Gasteiger partial charge in [-0.1, -0.05) is 6.07 Å². The van der Waals surface area contributed by atoms with Crippen molar-refractivity contribution in [3.8, 4) is 11.5 Å². The van der Waals surface area contributed by atoms with Crippen molar-refractivity contribution >= 4 is 11.6 Å².